The number of fused-ring (bicyclic) bond motifs is 8. The first-order valence-electron chi connectivity index (χ1n) is 14.9. The quantitative estimate of drug-likeness (QED) is 0.234. The Morgan fingerprint density at radius 1 is 0.884 bits per heavy atom. The Morgan fingerprint density at radius 2 is 1.49 bits per heavy atom. The molecule has 8 bridgehead atoms. The van der Waals surface area contributed by atoms with E-state index in [0.29, 0.717) is 34.1 Å². The maximum absolute atomic E-state index is 13.7. The number of carboxylic acids is 1. The average molecular weight is 671 g/mol. The number of hydrogen-bond donors (Lipinski definition) is 1. The average Bonchev–Trinajstić information content (AvgIpc) is 3.65. The van der Waals surface area contributed by atoms with Crippen LogP contribution in [-0.2, 0) is 25.2 Å². The fourth-order valence-corrected chi connectivity index (χ4v) is 7.32. The van der Waals surface area contributed by atoms with Crippen LogP contribution in [0, 0.1) is 13.8 Å². The molecule has 43 heavy (non-hydrogen) atoms. The van der Waals surface area contributed by atoms with Crippen molar-refractivity contribution in [1.82, 2.24) is 19.9 Å². The van der Waals surface area contributed by atoms with E-state index in [1.807, 2.05) is 45.9 Å². The number of carboxylic acid groups (broad SMARTS) is 1. The summed E-state index contributed by atoms with van der Waals surface area (Å²) in [7, 11) is 0. The van der Waals surface area contributed by atoms with Crippen molar-refractivity contribution in [2.75, 3.05) is 0 Å². The molecule has 0 unspecified atom stereocenters. The van der Waals surface area contributed by atoms with Crippen molar-refractivity contribution < 1.29 is 39.9 Å². The molecule has 0 radical (unpaired) electrons. The van der Waals surface area contributed by atoms with Gasteiger partial charge in [0.05, 0.1) is 0 Å². The van der Waals surface area contributed by atoms with E-state index < -0.39 is 11.9 Å². The first kappa shape index (κ1) is 31.0. The van der Waals surface area contributed by atoms with Crippen LogP contribution in [0.25, 0.3) is 22.1 Å². The molecule has 0 saturated heterocycles. The smallest absolute Gasteiger partial charge is 0.657 e. The number of aromatic nitrogens is 4. The third-order valence-electron chi connectivity index (χ3n) is 9.78. The van der Waals surface area contributed by atoms with Crippen LogP contribution in [0.1, 0.15) is 144 Å². The Morgan fingerprint density at radius 3 is 2.14 bits per heavy atom. The molecule has 3 aliphatic rings. The molecule has 5 atom stereocenters. The SMILES string of the molecule is CC[C@H]1c2cc3[n-]c4c(c3C)C(=O)[C@H](C)c4c3nc(cc4[n-]c(cc(n2)[C@@H]1C)c(C(C)=O)c4C)[C@@H](C)[C@@H]3CCC(=O)O.[Pd+2]. The van der Waals surface area contributed by atoms with Gasteiger partial charge >= 0.3 is 26.4 Å². The molecule has 3 aromatic heterocycles. The van der Waals surface area contributed by atoms with Gasteiger partial charge in [0.25, 0.3) is 0 Å². The second-order valence-electron chi connectivity index (χ2n) is 12.2. The van der Waals surface area contributed by atoms with E-state index in [4.69, 9.17) is 19.9 Å². The molecule has 5 heterocycles. The van der Waals surface area contributed by atoms with Gasteiger partial charge in [-0.2, -0.15) is 0 Å². The minimum absolute atomic E-state index is 0. The Kier molecular flexibility index (Phi) is 8.13. The number of Topliss-reactive ketones (excluding diaryl/α,β-unsaturated/α-hetero) is 2. The van der Waals surface area contributed by atoms with Crippen molar-refractivity contribution in [3.8, 4) is 0 Å². The van der Waals surface area contributed by atoms with Crippen LogP contribution in [0.4, 0.5) is 0 Å². The molecule has 9 heteroatoms. The molecular formula is C34H36N4O4Pd. The summed E-state index contributed by atoms with van der Waals surface area (Å²) in [5.41, 5.74) is 9.58. The molecule has 0 aromatic carbocycles. The third kappa shape index (κ3) is 4.82. The van der Waals surface area contributed by atoms with Gasteiger partial charge in [-0.05, 0) is 39.2 Å². The number of hydrogen-bond acceptors (Lipinski definition) is 5. The molecule has 226 valence electrons. The van der Waals surface area contributed by atoms with Crippen LogP contribution in [0.15, 0.2) is 18.2 Å². The summed E-state index contributed by atoms with van der Waals surface area (Å²) < 4.78 is 0. The maximum Gasteiger partial charge on any atom is 2.00 e. The first-order chi connectivity index (χ1) is 19.9. The van der Waals surface area contributed by atoms with Crippen molar-refractivity contribution in [3.05, 3.63) is 68.8 Å². The summed E-state index contributed by atoms with van der Waals surface area (Å²) in [6.45, 7) is 13.6. The summed E-state index contributed by atoms with van der Waals surface area (Å²) in [6.07, 6.45) is 1.26. The summed E-state index contributed by atoms with van der Waals surface area (Å²) in [4.78, 5) is 58.3. The van der Waals surface area contributed by atoms with Crippen LogP contribution in [-0.4, -0.2) is 32.6 Å². The molecule has 3 aromatic rings. The minimum Gasteiger partial charge on any atom is -0.657 e. The normalized spacial score (nSPS) is 22.5. The molecule has 0 amide bonds. The zero-order valence-electron chi connectivity index (χ0n) is 25.5. The molecule has 0 saturated carbocycles. The standard InChI is InChI=1S/C34H38N4O4.Pd/c1-8-20-14(2)22-13-27-29(19(7)39)16(4)24(36-27)11-23-15(3)21(9-10-28(40)41)32(37-23)30-18(6)34(42)31-17(5)25(38-33(30)31)12-26(20)35-22;/h11-15,18,20-21H,8-10H2,1-7H3,(H3,35,36,37,38,39,40,41,42);/q;+2/p-2/t14-,15+,18-,20-,21+;/m1./s1. The largest absolute Gasteiger partial charge is 2.00 e. The van der Waals surface area contributed by atoms with Crippen molar-refractivity contribution in [3.63, 3.8) is 0 Å². The van der Waals surface area contributed by atoms with E-state index in [1.165, 1.54) is 0 Å². The van der Waals surface area contributed by atoms with Gasteiger partial charge in [0.2, 0.25) is 0 Å². The Hall–Kier alpha value is -3.41. The van der Waals surface area contributed by atoms with Crippen LogP contribution in [0.5, 0.6) is 0 Å². The number of aryl methyl sites for hydroxylation is 2. The Bertz CT molecular complexity index is 1850. The monoisotopic (exact) mass is 670 g/mol. The predicted octanol–water partition coefficient (Wildman–Crippen LogP) is 6.74. The van der Waals surface area contributed by atoms with Gasteiger partial charge in [0.15, 0.2) is 11.6 Å². The van der Waals surface area contributed by atoms with Crippen LogP contribution >= 0.6 is 0 Å². The Labute approximate surface area is 264 Å². The number of rotatable bonds is 5. The van der Waals surface area contributed by atoms with Gasteiger partial charge in [0, 0.05) is 69.9 Å². The predicted molar refractivity (Wildman–Crippen MR) is 161 cm³/mol. The molecule has 1 aliphatic carbocycles. The zero-order valence-corrected chi connectivity index (χ0v) is 27.1. The summed E-state index contributed by atoms with van der Waals surface area (Å²) in [6, 6.07) is 5.87. The first-order valence-corrected chi connectivity index (χ1v) is 14.9. The van der Waals surface area contributed by atoms with Crippen LogP contribution in [0.3, 0.4) is 0 Å². The molecule has 0 spiro atoms. The van der Waals surface area contributed by atoms with E-state index in [-0.39, 0.29) is 62.1 Å². The van der Waals surface area contributed by atoms with E-state index in [1.54, 1.807) is 6.92 Å². The molecule has 0 fully saturated rings. The number of aliphatic carboxylic acids is 1. The summed E-state index contributed by atoms with van der Waals surface area (Å²) >= 11 is 0. The molecule has 2 aliphatic heterocycles. The van der Waals surface area contributed by atoms with Crippen LogP contribution in [0.2, 0.25) is 0 Å². The van der Waals surface area contributed by atoms with E-state index in [0.717, 1.165) is 51.4 Å². The molecular weight excluding hydrogens is 635 g/mol. The van der Waals surface area contributed by atoms with Gasteiger partial charge in [0.1, 0.15) is 0 Å². The second-order valence-corrected chi connectivity index (χ2v) is 12.2. The number of carbonyl (C=O) groups is 3. The fraction of sp³-hybridized carbons (Fsp3) is 0.441. The van der Waals surface area contributed by atoms with Crippen LogP contribution < -0.4 is 9.97 Å². The van der Waals surface area contributed by atoms with Gasteiger partial charge in [-0.3, -0.25) is 24.4 Å². The second kappa shape index (κ2) is 11.3. The third-order valence-corrected chi connectivity index (χ3v) is 9.78. The van der Waals surface area contributed by atoms with Crippen molar-refractivity contribution in [2.24, 2.45) is 0 Å². The number of nitrogens with zero attached hydrogens (tertiary/aromatic N) is 4. The summed E-state index contributed by atoms with van der Waals surface area (Å²) in [5, 5.41) is 9.54. The van der Waals surface area contributed by atoms with Crippen molar-refractivity contribution >= 4 is 39.6 Å². The van der Waals surface area contributed by atoms with E-state index >= 15 is 0 Å². The number of ketones is 2. The maximum atomic E-state index is 13.7. The summed E-state index contributed by atoms with van der Waals surface area (Å²) in [5.74, 6) is -1.35. The molecule has 8 nitrogen and oxygen atoms in total. The number of carbonyl (C=O) groups excluding carboxylic acids is 2. The van der Waals surface area contributed by atoms with E-state index in [9.17, 15) is 19.5 Å². The Balaban J connectivity index is 0.00000368. The fourth-order valence-electron chi connectivity index (χ4n) is 7.32. The van der Waals surface area contributed by atoms with Gasteiger partial charge in [-0.25, -0.2) is 0 Å². The van der Waals surface area contributed by atoms with E-state index in [2.05, 4.69) is 13.8 Å². The molecule has 6 rings (SSSR count). The van der Waals surface area contributed by atoms with Crippen molar-refractivity contribution in [1.29, 1.82) is 0 Å². The topological polar surface area (TPSA) is 125 Å². The van der Waals surface area contributed by atoms with Gasteiger partial charge in [-0.15, -0.1) is 22.1 Å². The van der Waals surface area contributed by atoms with Crippen molar-refractivity contribution in [2.45, 2.75) is 97.3 Å². The molecule has 1 N–H and O–H groups in total. The van der Waals surface area contributed by atoms with Gasteiger partial charge in [-0.1, -0.05) is 57.0 Å². The van der Waals surface area contributed by atoms with Gasteiger partial charge < -0.3 is 15.1 Å². The zero-order chi connectivity index (χ0) is 30.2. The minimum atomic E-state index is -0.870.